The van der Waals surface area contributed by atoms with Crippen LogP contribution in [0.2, 0.25) is 0 Å². The van der Waals surface area contributed by atoms with Crippen molar-refractivity contribution in [3.63, 3.8) is 0 Å². The smallest absolute Gasteiger partial charge is 0.163 e. The number of aromatic amines is 1. The van der Waals surface area contributed by atoms with E-state index in [2.05, 4.69) is 30.9 Å². The van der Waals surface area contributed by atoms with Crippen LogP contribution in [-0.2, 0) is 0 Å². The number of rotatable bonds is 3. The summed E-state index contributed by atoms with van der Waals surface area (Å²) >= 11 is 3.47. The summed E-state index contributed by atoms with van der Waals surface area (Å²) in [6, 6.07) is 7.49. The fourth-order valence-corrected chi connectivity index (χ4v) is 2.45. The van der Waals surface area contributed by atoms with Gasteiger partial charge in [-0.05, 0) is 28.1 Å². The van der Waals surface area contributed by atoms with Crippen molar-refractivity contribution in [3.05, 3.63) is 34.9 Å². The van der Waals surface area contributed by atoms with E-state index in [0.29, 0.717) is 17.3 Å². The molecule has 0 bridgehead atoms. The Kier molecular flexibility index (Phi) is 3.31. The number of methoxy groups -OCH3 is 2. The summed E-state index contributed by atoms with van der Waals surface area (Å²) in [6.07, 6.45) is 1.73. The van der Waals surface area contributed by atoms with Gasteiger partial charge in [0.1, 0.15) is 5.69 Å². The van der Waals surface area contributed by atoms with Crippen molar-refractivity contribution >= 4 is 27.0 Å². The number of fused-ring (bicyclic) bond motifs is 1. The summed E-state index contributed by atoms with van der Waals surface area (Å²) in [5.41, 5.74) is 2.44. The van der Waals surface area contributed by atoms with Crippen LogP contribution in [0.4, 0.5) is 0 Å². The Morgan fingerprint density at radius 2 is 1.90 bits per heavy atom. The van der Waals surface area contributed by atoms with Gasteiger partial charge in [0.05, 0.1) is 25.3 Å². The summed E-state index contributed by atoms with van der Waals surface area (Å²) in [6.45, 7) is 0. The van der Waals surface area contributed by atoms with E-state index in [1.165, 1.54) is 0 Å². The zero-order valence-electron chi connectivity index (χ0n) is 11.0. The van der Waals surface area contributed by atoms with E-state index in [-0.39, 0.29) is 0 Å². The lowest BCUT2D eigenvalue weighted by Crippen LogP contribution is -1.89. The largest absolute Gasteiger partial charge is 0.493 e. The molecule has 0 atom stereocenters. The summed E-state index contributed by atoms with van der Waals surface area (Å²) < 4.78 is 11.5. The van der Waals surface area contributed by atoms with Crippen LogP contribution in [0.3, 0.4) is 0 Å². The number of benzene rings is 1. The Bertz CT molecular complexity index is 729. The maximum atomic E-state index is 5.29. The standard InChI is InChI=1S/C14H12BrN3O2/c1-19-11-6-9-10(7-12(11)20-2)18-14(17-9)13-8(15)4-3-5-16-13/h3-7H,1-2H3,(H,17,18). The topological polar surface area (TPSA) is 60.0 Å². The first-order chi connectivity index (χ1) is 9.72. The highest BCUT2D eigenvalue weighted by Crippen LogP contribution is 2.33. The minimum absolute atomic E-state index is 0.651. The molecule has 0 aliphatic heterocycles. The van der Waals surface area contributed by atoms with Crippen LogP contribution in [0, 0.1) is 0 Å². The average molecular weight is 334 g/mol. The van der Waals surface area contributed by atoms with Crippen molar-refractivity contribution < 1.29 is 9.47 Å². The Morgan fingerprint density at radius 1 is 1.15 bits per heavy atom. The molecule has 0 unspecified atom stereocenters. The Hall–Kier alpha value is -2.08. The summed E-state index contributed by atoms with van der Waals surface area (Å²) in [5, 5.41) is 0. The quantitative estimate of drug-likeness (QED) is 0.797. The van der Waals surface area contributed by atoms with Crippen molar-refractivity contribution in [2.45, 2.75) is 0 Å². The molecule has 1 aromatic carbocycles. The molecule has 20 heavy (non-hydrogen) atoms. The summed E-state index contributed by atoms with van der Waals surface area (Å²) in [5.74, 6) is 2.01. The van der Waals surface area contributed by atoms with Gasteiger partial charge < -0.3 is 14.5 Å². The van der Waals surface area contributed by atoms with E-state index in [4.69, 9.17) is 9.47 Å². The molecular weight excluding hydrogens is 322 g/mol. The SMILES string of the molecule is COc1cc2nc(-c3ncccc3Br)[nH]c2cc1OC. The van der Waals surface area contributed by atoms with E-state index in [0.717, 1.165) is 21.2 Å². The van der Waals surface area contributed by atoms with E-state index >= 15 is 0 Å². The molecule has 0 amide bonds. The minimum Gasteiger partial charge on any atom is -0.493 e. The molecule has 0 saturated heterocycles. The number of aromatic nitrogens is 3. The second-order valence-corrected chi connectivity index (χ2v) is 5.00. The first-order valence-corrected chi connectivity index (χ1v) is 6.75. The van der Waals surface area contributed by atoms with Gasteiger partial charge in [0.15, 0.2) is 17.3 Å². The number of hydrogen-bond acceptors (Lipinski definition) is 4. The molecule has 6 heteroatoms. The van der Waals surface area contributed by atoms with Gasteiger partial charge in [0, 0.05) is 22.8 Å². The van der Waals surface area contributed by atoms with Crippen LogP contribution < -0.4 is 9.47 Å². The maximum absolute atomic E-state index is 5.29. The fourth-order valence-electron chi connectivity index (χ4n) is 2.01. The molecule has 2 heterocycles. The molecule has 3 rings (SSSR count). The van der Waals surface area contributed by atoms with Gasteiger partial charge in [0.2, 0.25) is 0 Å². The van der Waals surface area contributed by atoms with Crippen LogP contribution in [0.25, 0.3) is 22.6 Å². The predicted octanol–water partition coefficient (Wildman–Crippen LogP) is 3.40. The van der Waals surface area contributed by atoms with Crippen LogP contribution in [0.5, 0.6) is 11.5 Å². The number of pyridine rings is 1. The number of hydrogen-bond donors (Lipinski definition) is 1. The normalized spacial score (nSPS) is 10.8. The predicted molar refractivity (Wildman–Crippen MR) is 80.1 cm³/mol. The van der Waals surface area contributed by atoms with Gasteiger partial charge in [-0.25, -0.2) is 4.98 Å². The third-order valence-electron chi connectivity index (χ3n) is 2.97. The van der Waals surface area contributed by atoms with Crippen molar-refractivity contribution in [2.24, 2.45) is 0 Å². The average Bonchev–Trinajstić information content (AvgIpc) is 2.88. The molecule has 0 fully saturated rings. The monoisotopic (exact) mass is 333 g/mol. The first-order valence-electron chi connectivity index (χ1n) is 5.95. The van der Waals surface area contributed by atoms with Crippen molar-refractivity contribution in [1.29, 1.82) is 0 Å². The molecule has 0 saturated carbocycles. The molecule has 0 radical (unpaired) electrons. The van der Waals surface area contributed by atoms with E-state index in [1.54, 1.807) is 20.4 Å². The molecule has 0 aliphatic carbocycles. The van der Waals surface area contributed by atoms with Crippen LogP contribution in [0.15, 0.2) is 34.9 Å². The Morgan fingerprint density at radius 3 is 2.60 bits per heavy atom. The van der Waals surface area contributed by atoms with Crippen LogP contribution in [-0.4, -0.2) is 29.2 Å². The van der Waals surface area contributed by atoms with Gasteiger partial charge in [-0.15, -0.1) is 0 Å². The number of halogens is 1. The van der Waals surface area contributed by atoms with Gasteiger partial charge in [-0.3, -0.25) is 4.98 Å². The number of nitrogens with zero attached hydrogens (tertiary/aromatic N) is 2. The first kappa shape index (κ1) is 12.9. The maximum Gasteiger partial charge on any atom is 0.163 e. The minimum atomic E-state index is 0.651. The van der Waals surface area contributed by atoms with Gasteiger partial charge in [0.25, 0.3) is 0 Å². The number of nitrogens with one attached hydrogen (secondary N) is 1. The van der Waals surface area contributed by atoms with E-state index in [9.17, 15) is 0 Å². The molecule has 2 aromatic heterocycles. The van der Waals surface area contributed by atoms with Gasteiger partial charge in [-0.1, -0.05) is 0 Å². The fraction of sp³-hybridized carbons (Fsp3) is 0.143. The van der Waals surface area contributed by atoms with Crippen molar-refractivity contribution in [1.82, 2.24) is 15.0 Å². The second kappa shape index (κ2) is 5.13. The van der Waals surface area contributed by atoms with Crippen LogP contribution >= 0.6 is 15.9 Å². The number of H-pyrrole nitrogens is 1. The highest BCUT2D eigenvalue weighted by Gasteiger charge is 2.13. The third-order valence-corrected chi connectivity index (χ3v) is 3.61. The van der Waals surface area contributed by atoms with Crippen molar-refractivity contribution in [3.8, 4) is 23.0 Å². The van der Waals surface area contributed by atoms with Gasteiger partial charge in [-0.2, -0.15) is 0 Å². The molecule has 3 aromatic rings. The molecule has 1 N–H and O–H groups in total. The molecule has 102 valence electrons. The second-order valence-electron chi connectivity index (χ2n) is 4.14. The highest BCUT2D eigenvalue weighted by molar-refractivity contribution is 9.10. The molecule has 5 nitrogen and oxygen atoms in total. The van der Waals surface area contributed by atoms with E-state index < -0.39 is 0 Å². The highest BCUT2D eigenvalue weighted by atomic mass is 79.9. The van der Waals surface area contributed by atoms with Gasteiger partial charge >= 0.3 is 0 Å². The lowest BCUT2D eigenvalue weighted by atomic mass is 10.3. The zero-order chi connectivity index (χ0) is 14.1. The third kappa shape index (κ3) is 2.12. The Labute approximate surface area is 124 Å². The summed E-state index contributed by atoms with van der Waals surface area (Å²) in [4.78, 5) is 12.1. The molecule has 0 aliphatic rings. The number of ether oxygens (including phenoxy) is 2. The Balaban J connectivity index is 2.18. The van der Waals surface area contributed by atoms with Crippen molar-refractivity contribution in [2.75, 3.05) is 14.2 Å². The molecular formula is C14H12BrN3O2. The zero-order valence-corrected chi connectivity index (χ0v) is 12.6. The lowest BCUT2D eigenvalue weighted by molar-refractivity contribution is 0.356. The van der Waals surface area contributed by atoms with E-state index in [1.807, 2.05) is 24.3 Å². The molecule has 0 spiro atoms. The van der Waals surface area contributed by atoms with Crippen LogP contribution in [0.1, 0.15) is 0 Å². The number of imidazole rings is 1. The summed E-state index contributed by atoms with van der Waals surface area (Å²) in [7, 11) is 3.21. The lowest BCUT2D eigenvalue weighted by Gasteiger charge is -2.06.